The van der Waals surface area contributed by atoms with Crippen molar-refractivity contribution in [3.63, 3.8) is 0 Å². The molecule has 1 aliphatic rings. The van der Waals surface area contributed by atoms with Gasteiger partial charge in [0.25, 0.3) is 0 Å². The highest BCUT2D eigenvalue weighted by Crippen LogP contribution is 2.25. The normalized spacial score (nSPS) is 17.7. The number of imide groups is 1. The average Bonchev–Trinajstić information content (AvgIpc) is 2.61. The molecule has 2 rings (SSSR count). The average molecular weight is 389 g/mol. The van der Waals surface area contributed by atoms with Gasteiger partial charge in [-0.15, -0.1) is 0 Å². The van der Waals surface area contributed by atoms with Crippen LogP contribution in [0.5, 0.6) is 0 Å². The number of sulfonamides is 1. The third-order valence-corrected chi connectivity index (χ3v) is 6.52. The number of rotatable bonds is 4. The van der Waals surface area contributed by atoms with Crippen molar-refractivity contribution in [1.29, 1.82) is 0 Å². The number of piperazine rings is 1. The van der Waals surface area contributed by atoms with Crippen LogP contribution in [-0.2, 0) is 14.8 Å². The van der Waals surface area contributed by atoms with Crippen molar-refractivity contribution < 1.29 is 18.0 Å². The van der Waals surface area contributed by atoms with Gasteiger partial charge in [0.15, 0.2) is 0 Å². The maximum atomic E-state index is 12.7. The van der Waals surface area contributed by atoms with Crippen LogP contribution < -0.4 is 10.6 Å². The summed E-state index contributed by atoms with van der Waals surface area (Å²) in [5, 5.41) is 4.72. The van der Waals surface area contributed by atoms with E-state index in [1.54, 1.807) is 19.1 Å². The first-order chi connectivity index (χ1) is 11.8. The highest BCUT2D eigenvalue weighted by atomic mass is 35.5. The van der Waals surface area contributed by atoms with E-state index >= 15 is 0 Å². The molecular formula is C15H21ClN4O4S. The Kier molecular flexibility index (Phi) is 6.39. The Morgan fingerprint density at radius 3 is 2.32 bits per heavy atom. The van der Waals surface area contributed by atoms with E-state index in [0.29, 0.717) is 13.1 Å². The maximum Gasteiger partial charge on any atom is 0.321 e. The number of carbonyl (C=O) groups is 2. The second kappa shape index (κ2) is 8.13. The Bertz CT molecular complexity index is 748. The lowest BCUT2D eigenvalue weighted by atomic mass is 10.2. The third-order valence-electron chi connectivity index (χ3n) is 4.12. The fourth-order valence-corrected chi connectivity index (χ4v) is 4.48. The fraction of sp³-hybridized carbons (Fsp3) is 0.467. The lowest BCUT2D eigenvalue weighted by molar-refractivity contribution is -0.125. The molecule has 1 saturated heterocycles. The molecule has 1 fully saturated rings. The van der Waals surface area contributed by atoms with Crippen LogP contribution in [0.3, 0.4) is 0 Å². The van der Waals surface area contributed by atoms with Crippen molar-refractivity contribution in [2.75, 3.05) is 33.2 Å². The molecule has 138 valence electrons. The zero-order chi connectivity index (χ0) is 18.6. The van der Waals surface area contributed by atoms with Crippen molar-refractivity contribution in [1.82, 2.24) is 19.8 Å². The Labute approximate surface area is 152 Å². The minimum atomic E-state index is -3.67. The molecule has 1 aromatic rings. The maximum absolute atomic E-state index is 12.7. The molecule has 1 unspecified atom stereocenters. The van der Waals surface area contributed by atoms with Crippen LogP contribution >= 0.6 is 11.6 Å². The van der Waals surface area contributed by atoms with E-state index < -0.39 is 28.0 Å². The van der Waals surface area contributed by atoms with E-state index in [0.717, 1.165) is 0 Å². The van der Waals surface area contributed by atoms with Crippen LogP contribution in [0, 0.1) is 0 Å². The molecule has 3 amide bonds. The van der Waals surface area contributed by atoms with Crippen molar-refractivity contribution in [2.24, 2.45) is 0 Å². The molecule has 0 aromatic heterocycles. The SMILES string of the molecule is CNC(=O)NC(=O)C(C)N1CCN(S(=O)(=O)c2ccccc2Cl)CC1. The smallest absolute Gasteiger partial charge is 0.321 e. The number of halogens is 1. The summed E-state index contributed by atoms with van der Waals surface area (Å²) in [6.45, 7) is 2.92. The summed E-state index contributed by atoms with van der Waals surface area (Å²) in [6.07, 6.45) is 0. The molecule has 25 heavy (non-hydrogen) atoms. The van der Waals surface area contributed by atoms with Gasteiger partial charge in [-0.3, -0.25) is 15.0 Å². The Morgan fingerprint density at radius 1 is 1.16 bits per heavy atom. The van der Waals surface area contributed by atoms with Gasteiger partial charge in [-0.1, -0.05) is 23.7 Å². The van der Waals surface area contributed by atoms with E-state index in [1.165, 1.54) is 23.5 Å². The highest BCUT2D eigenvalue weighted by molar-refractivity contribution is 7.89. The van der Waals surface area contributed by atoms with E-state index in [2.05, 4.69) is 10.6 Å². The van der Waals surface area contributed by atoms with Crippen LogP contribution in [0.4, 0.5) is 4.79 Å². The summed E-state index contributed by atoms with van der Waals surface area (Å²) in [5.74, 6) is -0.429. The van der Waals surface area contributed by atoms with E-state index in [4.69, 9.17) is 11.6 Å². The highest BCUT2D eigenvalue weighted by Gasteiger charge is 2.32. The van der Waals surface area contributed by atoms with Gasteiger partial charge < -0.3 is 5.32 Å². The number of urea groups is 1. The number of hydrogen-bond donors (Lipinski definition) is 2. The fourth-order valence-electron chi connectivity index (χ4n) is 2.57. The van der Waals surface area contributed by atoms with Crippen LogP contribution in [0.25, 0.3) is 0 Å². The number of nitrogens with one attached hydrogen (secondary N) is 2. The second-order valence-corrected chi connectivity index (χ2v) is 7.93. The van der Waals surface area contributed by atoms with E-state index in [-0.39, 0.29) is 23.0 Å². The minimum Gasteiger partial charge on any atom is -0.341 e. The summed E-state index contributed by atoms with van der Waals surface area (Å²) in [7, 11) is -2.25. The van der Waals surface area contributed by atoms with E-state index in [9.17, 15) is 18.0 Å². The molecule has 1 aliphatic heterocycles. The van der Waals surface area contributed by atoms with Crippen molar-refractivity contribution in [3.8, 4) is 0 Å². The second-order valence-electron chi connectivity index (χ2n) is 5.61. The van der Waals surface area contributed by atoms with Gasteiger partial charge in [-0.2, -0.15) is 4.31 Å². The summed E-state index contributed by atoms with van der Waals surface area (Å²) < 4.78 is 26.7. The quantitative estimate of drug-likeness (QED) is 0.782. The zero-order valence-corrected chi connectivity index (χ0v) is 15.6. The van der Waals surface area contributed by atoms with Gasteiger partial charge >= 0.3 is 6.03 Å². The van der Waals surface area contributed by atoms with Gasteiger partial charge in [-0.05, 0) is 19.1 Å². The molecular weight excluding hydrogens is 368 g/mol. The van der Waals surface area contributed by atoms with Gasteiger partial charge in [0.1, 0.15) is 4.90 Å². The molecule has 1 heterocycles. The molecule has 10 heteroatoms. The molecule has 2 N–H and O–H groups in total. The molecule has 8 nitrogen and oxygen atoms in total. The first-order valence-electron chi connectivity index (χ1n) is 7.78. The Balaban J connectivity index is 2.01. The number of benzene rings is 1. The summed E-state index contributed by atoms with van der Waals surface area (Å²) in [6, 6.07) is 5.20. The monoisotopic (exact) mass is 388 g/mol. The number of nitrogens with zero attached hydrogens (tertiary/aromatic N) is 2. The van der Waals surface area contributed by atoms with Crippen molar-refractivity contribution in [2.45, 2.75) is 17.9 Å². The minimum absolute atomic E-state index is 0.0792. The molecule has 0 aliphatic carbocycles. The van der Waals surface area contributed by atoms with E-state index in [1.807, 2.05) is 4.90 Å². The molecule has 1 atom stereocenters. The molecule has 0 radical (unpaired) electrons. The lowest BCUT2D eigenvalue weighted by Gasteiger charge is -2.36. The molecule has 0 saturated carbocycles. The van der Waals surface area contributed by atoms with Gasteiger partial charge in [0.2, 0.25) is 15.9 Å². The standard InChI is InChI=1S/C15H21ClN4O4S/c1-11(14(21)18-15(22)17-2)19-7-9-20(10-8-19)25(23,24)13-6-4-3-5-12(13)16/h3-6,11H,7-10H2,1-2H3,(H2,17,18,21,22). The van der Waals surface area contributed by atoms with Crippen LogP contribution in [0.1, 0.15) is 6.92 Å². The largest absolute Gasteiger partial charge is 0.341 e. The van der Waals surface area contributed by atoms with Gasteiger partial charge in [0.05, 0.1) is 11.1 Å². The summed E-state index contributed by atoms with van der Waals surface area (Å²) in [5.41, 5.74) is 0. The first-order valence-corrected chi connectivity index (χ1v) is 9.60. The number of carbonyl (C=O) groups excluding carboxylic acids is 2. The van der Waals surface area contributed by atoms with Crippen LogP contribution in [-0.4, -0.2) is 68.8 Å². The predicted molar refractivity (Wildman–Crippen MR) is 93.8 cm³/mol. The van der Waals surface area contributed by atoms with Crippen molar-refractivity contribution >= 4 is 33.6 Å². The predicted octanol–water partition coefficient (Wildman–Crippen LogP) is 0.490. The van der Waals surface area contributed by atoms with Gasteiger partial charge in [0, 0.05) is 33.2 Å². The Hall–Kier alpha value is -1.68. The topological polar surface area (TPSA) is 98.8 Å². The summed E-state index contributed by atoms with van der Waals surface area (Å²) in [4.78, 5) is 25.1. The molecule has 1 aromatic carbocycles. The molecule has 0 bridgehead atoms. The molecule has 0 spiro atoms. The van der Waals surface area contributed by atoms with Crippen LogP contribution in [0.2, 0.25) is 5.02 Å². The third kappa shape index (κ3) is 4.49. The van der Waals surface area contributed by atoms with Crippen molar-refractivity contribution in [3.05, 3.63) is 29.3 Å². The van der Waals surface area contributed by atoms with Crippen LogP contribution in [0.15, 0.2) is 29.2 Å². The Morgan fingerprint density at radius 2 is 1.76 bits per heavy atom. The zero-order valence-electron chi connectivity index (χ0n) is 14.0. The first kappa shape index (κ1) is 19.6. The number of amides is 3. The lowest BCUT2D eigenvalue weighted by Crippen LogP contribution is -2.56. The number of hydrogen-bond acceptors (Lipinski definition) is 5. The van der Waals surface area contributed by atoms with Gasteiger partial charge in [-0.25, -0.2) is 13.2 Å². The summed E-state index contributed by atoms with van der Waals surface area (Å²) >= 11 is 6.00.